The molecule has 0 unspecified atom stereocenters. The lowest BCUT2D eigenvalue weighted by molar-refractivity contribution is 0.713. The Bertz CT molecular complexity index is 651. The first-order valence-corrected chi connectivity index (χ1v) is 5.69. The third-order valence-electron chi connectivity index (χ3n) is 2.70. The number of hydrogen-bond donors (Lipinski definition) is 0. The van der Waals surface area contributed by atoms with Crippen LogP contribution in [0.2, 0.25) is 0 Å². The highest BCUT2D eigenvalue weighted by molar-refractivity contribution is 5.81. The minimum atomic E-state index is -0.293. The Labute approximate surface area is 100 Å². The summed E-state index contributed by atoms with van der Waals surface area (Å²) in [5.41, 5.74) is 1.05. The second kappa shape index (κ2) is 4.99. The summed E-state index contributed by atoms with van der Waals surface area (Å²) in [5, 5.41) is 0.613. The van der Waals surface area contributed by atoms with Gasteiger partial charge in [-0.1, -0.05) is 26.0 Å². The van der Waals surface area contributed by atoms with Crippen molar-refractivity contribution in [2.45, 2.75) is 20.8 Å². The lowest BCUT2D eigenvalue weighted by Gasteiger charge is -2.08. The molecule has 0 radical (unpaired) electrons. The lowest BCUT2D eigenvalue weighted by Crippen LogP contribution is -2.37. The molecule has 2 aromatic rings. The summed E-state index contributed by atoms with van der Waals surface area (Å²) in [6.45, 7) is 5.87. The van der Waals surface area contributed by atoms with Crippen molar-refractivity contribution in [3.05, 3.63) is 44.6 Å². The zero-order chi connectivity index (χ0) is 13.2. The molecule has 0 saturated heterocycles. The molecule has 4 nitrogen and oxygen atoms in total. The fraction of sp³-hybridized carbons (Fsp3) is 0.385. The summed E-state index contributed by atoms with van der Waals surface area (Å²) in [6.07, 6.45) is 0. The van der Waals surface area contributed by atoms with Crippen molar-refractivity contribution < 1.29 is 0 Å². The molecule has 1 aromatic carbocycles. The number of rotatable bonds is 0. The van der Waals surface area contributed by atoms with Gasteiger partial charge in [0.1, 0.15) is 0 Å². The molecule has 0 fully saturated rings. The fourth-order valence-electron chi connectivity index (χ4n) is 1.79. The first-order chi connectivity index (χ1) is 8.04. The van der Waals surface area contributed by atoms with Gasteiger partial charge in [0, 0.05) is 14.1 Å². The van der Waals surface area contributed by atoms with Crippen molar-refractivity contribution in [1.82, 2.24) is 9.13 Å². The second-order valence-corrected chi connectivity index (χ2v) is 3.67. The Balaban J connectivity index is 0.000000686. The summed E-state index contributed by atoms with van der Waals surface area (Å²) >= 11 is 0. The SMILES string of the molecule is CC.Cc1cccc2c1c(=O)n(C)c(=O)n2C. The summed E-state index contributed by atoms with van der Waals surface area (Å²) in [6, 6.07) is 5.50. The van der Waals surface area contributed by atoms with Crippen molar-refractivity contribution in [3.8, 4) is 0 Å². The number of benzene rings is 1. The van der Waals surface area contributed by atoms with E-state index in [9.17, 15) is 9.59 Å². The van der Waals surface area contributed by atoms with Gasteiger partial charge < -0.3 is 0 Å². The minimum absolute atomic E-state index is 0.230. The Morgan fingerprint density at radius 1 is 1.00 bits per heavy atom. The number of hydrogen-bond acceptors (Lipinski definition) is 2. The second-order valence-electron chi connectivity index (χ2n) is 3.67. The van der Waals surface area contributed by atoms with Crippen LogP contribution >= 0.6 is 0 Å². The molecule has 17 heavy (non-hydrogen) atoms. The highest BCUT2D eigenvalue weighted by Gasteiger charge is 2.08. The molecule has 0 aliphatic heterocycles. The van der Waals surface area contributed by atoms with Gasteiger partial charge in [0.05, 0.1) is 10.9 Å². The number of nitrogens with zero attached hydrogens (tertiary/aromatic N) is 2. The average molecular weight is 234 g/mol. The first-order valence-electron chi connectivity index (χ1n) is 5.69. The van der Waals surface area contributed by atoms with Gasteiger partial charge in [-0.15, -0.1) is 0 Å². The Hall–Kier alpha value is -1.84. The largest absolute Gasteiger partial charge is 0.330 e. The molecule has 0 N–H and O–H groups in total. The van der Waals surface area contributed by atoms with Crippen molar-refractivity contribution in [3.63, 3.8) is 0 Å². The topological polar surface area (TPSA) is 44.0 Å². The van der Waals surface area contributed by atoms with Crippen molar-refractivity contribution >= 4 is 10.9 Å². The maximum atomic E-state index is 11.9. The van der Waals surface area contributed by atoms with Crippen LogP contribution in [-0.4, -0.2) is 9.13 Å². The molecule has 0 aliphatic carbocycles. The van der Waals surface area contributed by atoms with Crippen LogP contribution in [0.25, 0.3) is 10.9 Å². The van der Waals surface area contributed by atoms with Crippen LogP contribution in [0.5, 0.6) is 0 Å². The van der Waals surface area contributed by atoms with E-state index in [1.165, 1.54) is 11.6 Å². The number of aromatic nitrogens is 2. The maximum Gasteiger partial charge on any atom is 0.330 e. The highest BCUT2D eigenvalue weighted by Crippen LogP contribution is 2.11. The number of fused-ring (bicyclic) bond motifs is 1. The molecule has 4 heteroatoms. The van der Waals surface area contributed by atoms with Crippen LogP contribution in [0.15, 0.2) is 27.8 Å². The molecule has 1 heterocycles. The van der Waals surface area contributed by atoms with Gasteiger partial charge in [-0.2, -0.15) is 0 Å². The predicted octanol–water partition coefficient (Wildman–Crippen LogP) is 1.57. The van der Waals surface area contributed by atoms with Gasteiger partial charge in [0.25, 0.3) is 5.56 Å². The lowest BCUT2D eigenvalue weighted by atomic mass is 10.1. The van der Waals surface area contributed by atoms with E-state index in [0.717, 1.165) is 10.1 Å². The standard InChI is InChI=1S/C11H12N2O2.C2H6/c1-7-5-4-6-8-9(7)10(14)13(3)11(15)12(8)2;1-2/h4-6H,1-3H3;1-2H3. The molecule has 0 aliphatic rings. The van der Waals surface area contributed by atoms with Gasteiger partial charge in [-0.25, -0.2) is 4.79 Å². The Kier molecular flexibility index (Phi) is 3.89. The molecule has 92 valence electrons. The van der Waals surface area contributed by atoms with Gasteiger partial charge in [0.15, 0.2) is 0 Å². The minimum Gasteiger partial charge on any atom is -0.296 e. The van der Waals surface area contributed by atoms with E-state index in [-0.39, 0.29) is 11.2 Å². The normalized spacial score (nSPS) is 9.94. The summed E-state index contributed by atoms with van der Waals surface area (Å²) in [5.74, 6) is 0. The molecule has 2 rings (SSSR count). The third-order valence-corrected chi connectivity index (χ3v) is 2.70. The van der Waals surface area contributed by atoms with E-state index in [4.69, 9.17) is 0 Å². The molecule has 0 atom stereocenters. The zero-order valence-electron chi connectivity index (χ0n) is 10.9. The van der Waals surface area contributed by atoms with Crippen molar-refractivity contribution in [2.24, 2.45) is 14.1 Å². The van der Waals surface area contributed by atoms with Gasteiger partial charge in [-0.05, 0) is 18.6 Å². The van der Waals surface area contributed by atoms with Gasteiger partial charge in [-0.3, -0.25) is 13.9 Å². The van der Waals surface area contributed by atoms with Crippen molar-refractivity contribution in [1.29, 1.82) is 0 Å². The summed E-state index contributed by atoms with van der Waals surface area (Å²) in [7, 11) is 3.17. The number of aryl methyl sites for hydroxylation is 2. The van der Waals surface area contributed by atoms with Crippen LogP contribution in [0, 0.1) is 6.92 Å². The Morgan fingerprint density at radius 3 is 2.18 bits per heavy atom. The third kappa shape index (κ3) is 2.02. The average Bonchev–Trinajstić information content (AvgIpc) is 2.36. The molecular formula is C13H18N2O2. The molecule has 0 spiro atoms. The predicted molar refractivity (Wildman–Crippen MR) is 70.5 cm³/mol. The molecule has 0 saturated carbocycles. The summed E-state index contributed by atoms with van der Waals surface area (Å²) in [4.78, 5) is 23.5. The van der Waals surface area contributed by atoms with Gasteiger partial charge in [0.2, 0.25) is 0 Å². The van der Waals surface area contributed by atoms with E-state index in [1.807, 2.05) is 32.9 Å². The molecule has 0 bridgehead atoms. The monoisotopic (exact) mass is 234 g/mol. The van der Waals surface area contributed by atoms with E-state index in [2.05, 4.69) is 0 Å². The van der Waals surface area contributed by atoms with Gasteiger partial charge >= 0.3 is 5.69 Å². The Morgan fingerprint density at radius 2 is 1.59 bits per heavy atom. The smallest absolute Gasteiger partial charge is 0.296 e. The van der Waals surface area contributed by atoms with E-state index < -0.39 is 0 Å². The molecule has 0 amide bonds. The maximum absolute atomic E-state index is 11.9. The van der Waals surface area contributed by atoms with Crippen LogP contribution in [0.3, 0.4) is 0 Å². The van der Waals surface area contributed by atoms with E-state index >= 15 is 0 Å². The van der Waals surface area contributed by atoms with Crippen molar-refractivity contribution in [2.75, 3.05) is 0 Å². The van der Waals surface area contributed by atoms with E-state index in [1.54, 1.807) is 13.1 Å². The van der Waals surface area contributed by atoms with E-state index in [0.29, 0.717) is 10.9 Å². The quantitative estimate of drug-likeness (QED) is 0.694. The zero-order valence-corrected chi connectivity index (χ0v) is 10.9. The van der Waals surface area contributed by atoms with Crippen LogP contribution in [-0.2, 0) is 14.1 Å². The van der Waals surface area contributed by atoms with Crippen LogP contribution in [0.4, 0.5) is 0 Å². The first kappa shape index (κ1) is 13.2. The summed E-state index contributed by atoms with van der Waals surface area (Å²) < 4.78 is 2.62. The highest BCUT2D eigenvalue weighted by atomic mass is 16.2. The molecule has 1 aromatic heterocycles. The van der Waals surface area contributed by atoms with Crippen LogP contribution in [0.1, 0.15) is 19.4 Å². The van der Waals surface area contributed by atoms with Crippen LogP contribution < -0.4 is 11.2 Å². The fourth-order valence-corrected chi connectivity index (χ4v) is 1.79. The molecular weight excluding hydrogens is 216 g/mol.